The zero-order valence-corrected chi connectivity index (χ0v) is 9.94. The number of hydrogen-bond acceptors (Lipinski definition) is 1. The molecule has 0 atom stereocenters. The molecule has 2 rings (SSSR count). The molecule has 0 aliphatic heterocycles. The van der Waals surface area contributed by atoms with Crippen molar-refractivity contribution in [2.75, 3.05) is 0 Å². The predicted octanol–water partition coefficient (Wildman–Crippen LogP) is 4.13. The highest BCUT2D eigenvalue weighted by Crippen LogP contribution is 2.23. The lowest BCUT2D eigenvalue weighted by Crippen LogP contribution is -2.08. The third kappa shape index (κ3) is 2.46. The van der Waals surface area contributed by atoms with Crippen LogP contribution in [0.25, 0.3) is 0 Å². The molecule has 6 heteroatoms. The van der Waals surface area contributed by atoms with Crippen molar-refractivity contribution < 1.29 is 22.4 Å². The summed E-state index contributed by atoms with van der Waals surface area (Å²) in [6, 6.07) is 4.03. The van der Waals surface area contributed by atoms with Crippen molar-refractivity contribution in [1.29, 1.82) is 0 Å². The second kappa shape index (κ2) is 5.01. The normalized spacial score (nSPS) is 10.6. The molecule has 1 nitrogen and oxygen atoms in total. The summed E-state index contributed by atoms with van der Waals surface area (Å²) in [4.78, 5) is 11.8. The minimum Gasteiger partial charge on any atom is -0.288 e. The van der Waals surface area contributed by atoms with Gasteiger partial charge in [-0.2, -0.15) is 0 Å². The minimum absolute atomic E-state index is 0.506. The molecule has 0 radical (unpaired) electrons. The molecule has 0 spiro atoms. The van der Waals surface area contributed by atoms with E-state index in [1.165, 1.54) is 0 Å². The molecule has 0 saturated carbocycles. The number of carbonyl (C=O) groups is 1. The second-order valence-corrected chi connectivity index (χ2v) is 4.08. The van der Waals surface area contributed by atoms with Gasteiger partial charge in [0.1, 0.15) is 11.6 Å². The molecule has 0 aromatic heterocycles. The van der Waals surface area contributed by atoms with Gasteiger partial charge in [-0.15, -0.1) is 0 Å². The first-order valence-electron chi connectivity index (χ1n) is 5.05. The third-order valence-corrected chi connectivity index (χ3v) is 2.74. The Labute approximate surface area is 110 Å². The van der Waals surface area contributed by atoms with E-state index in [-0.39, 0.29) is 0 Å². The van der Waals surface area contributed by atoms with E-state index in [4.69, 9.17) is 11.6 Å². The first-order chi connectivity index (χ1) is 8.91. The largest absolute Gasteiger partial charge is 0.288 e. The van der Waals surface area contributed by atoms with Gasteiger partial charge in [-0.05, 0) is 24.3 Å². The molecule has 0 saturated heterocycles. The topological polar surface area (TPSA) is 17.1 Å². The molecule has 0 aliphatic rings. The first-order valence-corrected chi connectivity index (χ1v) is 5.43. The van der Waals surface area contributed by atoms with E-state index in [1.807, 2.05) is 0 Å². The first kappa shape index (κ1) is 13.5. The van der Waals surface area contributed by atoms with Crippen molar-refractivity contribution in [3.8, 4) is 0 Å². The van der Waals surface area contributed by atoms with Crippen LogP contribution in [0, 0.1) is 23.3 Å². The van der Waals surface area contributed by atoms with E-state index < -0.39 is 45.2 Å². The van der Waals surface area contributed by atoms with E-state index in [0.29, 0.717) is 12.1 Å². The van der Waals surface area contributed by atoms with Crippen molar-refractivity contribution in [2.24, 2.45) is 0 Å². The average Bonchev–Trinajstić information content (AvgIpc) is 2.36. The van der Waals surface area contributed by atoms with Crippen LogP contribution in [-0.2, 0) is 0 Å². The zero-order chi connectivity index (χ0) is 14.2. The molecule has 0 heterocycles. The highest BCUT2D eigenvalue weighted by Gasteiger charge is 2.21. The Kier molecular flexibility index (Phi) is 3.57. The van der Waals surface area contributed by atoms with Gasteiger partial charge in [0.15, 0.2) is 17.4 Å². The quantitative estimate of drug-likeness (QED) is 0.461. The summed E-state index contributed by atoms with van der Waals surface area (Å²) >= 11 is 5.33. The molecule has 0 bridgehead atoms. The van der Waals surface area contributed by atoms with Crippen LogP contribution in [0.2, 0.25) is 5.02 Å². The highest BCUT2D eigenvalue weighted by atomic mass is 35.5. The second-order valence-electron chi connectivity index (χ2n) is 3.68. The molecule has 0 aliphatic carbocycles. The Morgan fingerprint density at radius 1 is 0.895 bits per heavy atom. The Hall–Kier alpha value is -1.88. The Morgan fingerprint density at radius 3 is 2.26 bits per heavy atom. The van der Waals surface area contributed by atoms with Crippen LogP contribution in [0.3, 0.4) is 0 Å². The summed E-state index contributed by atoms with van der Waals surface area (Å²) in [5.41, 5.74) is -1.40. The fourth-order valence-electron chi connectivity index (χ4n) is 1.52. The number of hydrogen-bond donors (Lipinski definition) is 0. The van der Waals surface area contributed by atoms with E-state index in [9.17, 15) is 22.4 Å². The minimum atomic E-state index is -1.41. The van der Waals surface area contributed by atoms with E-state index >= 15 is 0 Å². The van der Waals surface area contributed by atoms with Crippen LogP contribution in [0.15, 0.2) is 30.3 Å². The van der Waals surface area contributed by atoms with Crippen LogP contribution in [0.1, 0.15) is 15.9 Å². The van der Waals surface area contributed by atoms with Gasteiger partial charge in [-0.1, -0.05) is 17.7 Å². The van der Waals surface area contributed by atoms with Gasteiger partial charge in [0.25, 0.3) is 0 Å². The fraction of sp³-hybridized carbons (Fsp3) is 0. The summed E-state index contributed by atoms with van der Waals surface area (Å²) in [7, 11) is 0. The SMILES string of the molecule is O=C(c1cc(F)c(Cl)cc1F)c1cccc(F)c1F. The molecule has 0 N–H and O–H groups in total. The van der Waals surface area contributed by atoms with Crippen LogP contribution in [0.4, 0.5) is 17.6 Å². The molecule has 0 fully saturated rings. The number of rotatable bonds is 2. The van der Waals surface area contributed by atoms with Crippen LogP contribution >= 0.6 is 11.6 Å². The van der Waals surface area contributed by atoms with Gasteiger partial charge in [0, 0.05) is 0 Å². The monoisotopic (exact) mass is 288 g/mol. The number of carbonyl (C=O) groups excluding carboxylic acids is 1. The lowest BCUT2D eigenvalue weighted by molar-refractivity contribution is 0.103. The average molecular weight is 289 g/mol. The lowest BCUT2D eigenvalue weighted by Gasteiger charge is -2.05. The molecular weight excluding hydrogens is 284 g/mol. The van der Waals surface area contributed by atoms with Crippen LogP contribution in [-0.4, -0.2) is 5.78 Å². The van der Waals surface area contributed by atoms with Gasteiger partial charge in [-0.3, -0.25) is 4.79 Å². The Bertz CT molecular complexity index is 670. The lowest BCUT2D eigenvalue weighted by atomic mass is 10.0. The maximum absolute atomic E-state index is 13.5. The maximum atomic E-state index is 13.5. The molecule has 0 unspecified atom stereocenters. The summed E-state index contributed by atoms with van der Waals surface area (Å²) in [5, 5.41) is -0.506. The standard InChI is InChI=1S/C13H5ClF4O/c14-8-5-10(16)7(4-11(8)17)13(19)6-2-1-3-9(15)12(6)18/h1-5H. The van der Waals surface area contributed by atoms with Gasteiger partial charge in [-0.25, -0.2) is 17.6 Å². The zero-order valence-electron chi connectivity index (χ0n) is 9.18. The molecule has 2 aromatic rings. The van der Waals surface area contributed by atoms with Crippen molar-refractivity contribution in [2.45, 2.75) is 0 Å². The smallest absolute Gasteiger partial charge is 0.199 e. The number of benzene rings is 2. The van der Waals surface area contributed by atoms with E-state index in [1.54, 1.807) is 0 Å². The molecule has 2 aromatic carbocycles. The Balaban J connectivity index is 2.56. The fourth-order valence-corrected chi connectivity index (χ4v) is 1.67. The summed E-state index contributed by atoms with van der Waals surface area (Å²) in [6.45, 7) is 0. The van der Waals surface area contributed by atoms with Crippen LogP contribution in [0.5, 0.6) is 0 Å². The van der Waals surface area contributed by atoms with Crippen molar-refractivity contribution in [3.05, 3.63) is 69.8 Å². The van der Waals surface area contributed by atoms with E-state index in [0.717, 1.165) is 18.2 Å². The summed E-state index contributed by atoms with van der Waals surface area (Å²) in [5.74, 6) is -5.96. The number of ketones is 1. The van der Waals surface area contributed by atoms with Gasteiger partial charge in [0.2, 0.25) is 0 Å². The van der Waals surface area contributed by atoms with Gasteiger partial charge in [0.05, 0.1) is 16.1 Å². The maximum Gasteiger partial charge on any atom is 0.199 e. The van der Waals surface area contributed by atoms with Crippen molar-refractivity contribution >= 4 is 17.4 Å². The predicted molar refractivity (Wildman–Crippen MR) is 61.2 cm³/mol. The van der Waals surface area contributed by atoms with Crippen LogP contribution < -0.4 is 0 Å². The molecular formula is C13H5ClF4O. The van der Waals surface area contributed by atoms with Gasteiger partial charge >= 0.3 is 0 Å². The van der Waals surface area contributed by atoms with E-state index in [2.05, 4.69) is 0 Å². The summed E-state index contributed by atoms with van der Waals surface area (Å²) in [6.07, 6.45) is 0. The summed E-state index contributed by atoms with van der Waals surface area (Å²) < 4.78 is 53.1. The molecule has 19 heavy (non-hydrogen) atoms. The van der Waals surface area contributed by atoms with Crippen molar-refractivity contribution in [3.63, 3.8) is 0 Å². The van der Waals surface area contributed by atoms with Crippen molar-refractivity contribution in [1.82, 2.24) is 0 Å². The third-order valence-electron chi connectivity index (χ3n) is 2.45. The molecule has 0 amide bonds. The Morgan fingerprint density at radius 2 is 1.58 bits per heavy atom. The molecule has 98 valence electrons. The number of halogens is 5. The van der Waals surface area contributed by atoms with Gasteiger partial charge < -0.3 is 0 Å². The highest BCUT2D eigenvalue weighted by molar-refractivity contribution is 6.30.